The van der Waals surface area contributed by atoms with E-state index in [1.165, 1.54) is 25.7 Å². The van der Waals surface area contributed by atoms with Crippen molar-refractivity contribution in [2.75, 3.05) is 49.1 Å². The van der Waals surface area contributed by atoms with Gasteiger partial charge in [0.1, 0.15) is 0 Å². The molecule has 1 amide bonds. The van der Waals surface area contributed by atoms with Crippen molar-refractivity contribution in [1.29, 1.82) is 0 Å². The van der Waals surface area contributed by atoms with Gasteiger partial charge in [-0.2, -0.15) is 5.10 Å². The lowest BCUT2D eigenvalue weighted by molar-refractivity contribution is 0.0745. The van der Waals surface area contributed by atoms with E-state index in [0.717, 1.165) is 54.8 Å². The molecule has 0 spiro atoms. The lowest BCUT2D eigenvalue weighted by Crippen LogP contribution is -2.49. The number of hydrogen-bond donors (Lipinski definition) is 0. The summed E-state index contributed by atoms with van der Waals surface area (Å²) in [6.07, 6.45) is 5.08. The zero-order chi connectivity index (χ0) is 20.4. The smallest absolute Gasteiger partial charge is 0.257 e. The lowest BCUT2D eigenvalue weighted by atomic mass is 10.1. The van der Waals surface area contributed by atoms with Crippen molar-refractivity contribution in [3.05, 3.63) is 29.1 Å². The van der Waals surface area contributed by atoms with E-state index in [1.54, 1.807) is 4.68 Å². The van der Waals surface area contributed by atoms with E-state index < -0.39 is 0 Å². The second-order valence-corrected chi connectivity index (χ2v) is 8.10. The number of rotatable bonds is 3. The summed E-state index contributed by atoms with van der Waals surface area (Å²) >= 11 is 0. The Balaban J connectivity index is 1.37. The summed E-state index contributed by atoms with van der Waals surface area (Å²) in [6, 6.07) is 4.16. The first kappa shape index (κ1) is 19.7. The van der Waals surface area contributed by atoms with E-state index in [1.807, 2.05) is 25.8 Å². The summed E-state index contributed by atoms with van der Waals surface area (Å²) in [5, 5.41) is 13.4. The molecular formula is C21H31N7O. The van der Waals surface area contributed by atoms with Crippen LogP contribution in [0.25, 0.3) is 0 Å². The van der Waals surface area contributed by atoms with Gasteiger partial charge in [0.15, 0.2) is 11.6 Å². The van der Waals surface area contributed by atoms with Crippen molar-refractivity contribution in [3.63, 3.8) is 0 Å². The van der Waals surface area contributed by atoms with Gasteiger partial charge in [-0.05, 0) is 38.8 Å². The van der Waals surface area contributed by atoms with Crippen molar-refractivity contribution < 1.29 is 4.79 Å². The molecule has 8 nitrogen and oxygen atoms in total. The molecule has 2 fully saturated rings. The Hall–Kier alpha value is -2.64. The summed E-state index contributed by atoms with van der Waals surface area (Å²) in [7, 11) is 1.88. The monoisotopic (exact) mass is 397 g/mol. The van der Waals surface area contributed by atoms with Gasteiger partial charge in [0, 0.05) is 52.0 Å². The van der Waals surface area contributed by atoms with Gasteiger partial charge < -0.3 is 14.7 Å². The number of carbonyl (C=O) groups excluding carboxylic acids is 1. The predicted molar refractivity (Wildman–Crippen MR) is 114 cm³/mol. The Morgan fingerprint density at radius 2 is 1.38 bits per heavy atom. The number of carbonyl (C=O) groups is 1. The van der Waals surface area contributed by atoms with Crippen molar-refractivity contribution in [3.8, 4) is 0 Å². The molecule has 0 radical (unpaired) electrons. The third kappa shape index (κ3) is 4.06. The minimum absolute atomic E-state index is 0.0790. The van der Waals surface area contributed by atoms with Gasteiger partial charge in [-0.15, -0.1) is 10.2 Å². The number of anilines is 2. The zero-order valence-corrected chi connectivity index (χ0v) is 17.8. The molecule has 0 unspecified atom stereocenters. The molecule has 4 rings (SSSR count). The Labute approximate surface area is 172 Å². The number of piperazine rings is 1. The molecule has 2 aromatic heterocycles. The van der Waals surface area contributed by atoms with Crippen molar-refractivity contribution in [2.45, 2.75) is 39.5 Å². The van der Waals surface area contributed by atoms with Gasteiger partial charge >= 0.3 is 0 Å². The molecule has 156 valence electrons. The molecule has 4 heterocycles. The second-order valence-electron chi connectivity index (χ2n) is 8.10. The fourth-order valence-electron chi connectivity index (χ4n) is 4.34. The minimum atomic E-state index is 0.0790. The maximum Gasteiger partial charge on any atom is 0.257 e. The Morgan fingerprint density at radius 3 is 1.86 bits per heavy atom. The van der Waals surface area contributed by atoms with Crippen LogP contribution in [0, 0.1) is 13.8 Å². The maximum atomic E-state index is 13.0. The number of amides is 1. The first-order chi connectivity index (χ1) is 14.0. The van der Waals surface area contributed by atoms with Crippen LogP contribution < -0.4 is 9.80 Å². The van der Waals surface area contributed by atoms with E-state index in [4.69, 9.17) is 0 Å². The molecule has 2 aliphatic heterocycles. The molecule has 0 bridgehead atoms. The van der Waals surface area contributed by atoms with Gasteiger partial charge in [-0.1, -0.05) is 12.8 Å². The van der Waals surface area contributed by atoms with E-state index in [9.17, 15) is 4.79 Å². The van der Waals surface area contributed by atoms with Crippen LogP contribution in [-0.4, -0.2) is 70.1 Å². The highest BCUT2D eigenvalue weighted by Gasteiger charge is 2.27. The molecule has 2 aromatic rings. The Kier molecular flexibility index (Phi) is 5.69. The quantitative estimate of drug-likeness (QED) is 0.791. The Bertz CT molecular complexity index is 845. The molecule has 2 saturated heterocycles. The van der Waals surface area contributed by atoms with E-state index in [0.29, 0.717) is 13.1 Å². The van der Waals surface area contributed by atoms with E-state index in [2.05, 4.69) is 37.2 Å². The largest absolute Gasteiger partial charge is 0.355 e. The van der Waals surface area contributed by atoms with Gasteiger partial charge in [0.2, 0.25) is 0 Å². The molecule has 0 N–H and O–H groups in total. The SMILES string of the molecule is Cc1nn(C)c(C)c1C(=O)N1CCN(c2ccc(N3CCCCCC3)nn2)CC1. The predicted octanol–water partition coefficient (Wildman–Crippen LogP) is 2.17. The highest BCUT2D eigenvalue weighted by atomic mass is 16.2. The first-order valence-corrected chi connectivity index (χ1v) is 10.7. The number of aromatic nitrogens is 4. The van der Waals surface area contributed by atoms with Crippen LogP contribution in [-0.2, 0) is 7.05 Å². The third-order valence-electron chi connectivity index (χ3n) is 6.18. The Morgan fingerprint density at radius 1 is 0.828 bits per heavy atom. The molecule has 0 aliphatic carbocycles. The molecular weight excluding hydrogens is 366 g/mol. The average Bonchev–Trinajstić information content (AvgIpc) is 2.93. The van der Waals surface area contributed by atoms with Crippen LogP contribution in [0.3, 0.4) is 0 Å². The van der Waals surface area contributed by atoms with Gasteiger partial charge in [0.05, 0.1) is 11.3 Å². The van der Waals surface area contributed by atoms with Crippen LogP contribution in [0.5, 0.6) is 0 Å². The summed E-state index contributed by atoms with van der Waals surface area (Å²) in [6.45, 7) is 8.89. The molecule has 29 heavy (non-hydrogen) atoms. The molecule has 8 heteroatoms. The zero-order valence-electron chi connectivity index (χ0n) is 17.8. The maximum absolute atomic E-state index is 13.0. The van der Waals surface area contributed by atoms with Gasteiger partial charge in [-0.3, -0.25) is 9.48 Å². The van der Waals surface area contributed by atoms with Crippen LogP contribution in [0.1, 0.15) is 47.4 Å². The van der Waals surface area contributed by atoms with Gasteiger partial charge in [0.25, 0.3) is 5.91 Å². The van der Waals surface area contributed by atoms with Crippen LogP contribution in [0.4, 0.5) is 11.6 Å². The highest BCUT2D eigenvalue weighted by molar-refractivity contribution is 5.96. The normalized spacial score (nSPS) is 18.1. The lowest BCUT2D eigenvalue weighted by Gasteiger charge is -2.35. The molecule has 0 saturated carbocycles. The van der Waals surface area contributed by atoms with E-state index in [-0.39, 0.29) is 5.91 Å². The third-order valence-corrected chi connectivity index (χ3v) is 6.18. The highest BCUT2D eigenvalue weighted by Crippen LogP contribution is 2.21. The van der Waals surface area contributed by atoms with Crippen LogP contribution in [0.15, 0.2) is 12.1 Å². The van der Waals surface area contributed by atoms with Gasteiger partial charge in [-0.25, -0.2) is 0 Å². The topological polar surface area (TPSA) is 70.4 Å². The average molecular weight is 398 g/mol. The first-order valence-electron chi connectivity index (χ1n) is 10.7. The summed E-state index contributed by atoms with van der Waals surface area (Å²) in [5.74, 6) is 1.95. The fourth-order valence-corrected chi connectivity index (χ4v) is 4.34. The van der Waals surface area contributed by atoms with Crippen LogP contribution >= 0.6 is 0 Å². The standard InChI is InChI=1S/C21H31N7O/c1-16-20(17(2)25(3)24-16)21(29)28-14-12-27(13-15-28)19-9-8-18(22-23-19)26-10-6-4-5-7-11-26/h8-9H,4-7,10-15H2,1-3H3. The summed E-state index contributed by atoms with van der Waals surface area (Å²) < 4.78 is 1.78. The van der Waals surface area contributed by atoms with Crippen molar-refractivity contribution in [2.24, 2.45) is 7.05 Å². The minimum Gasteiger partial charge on any atom is -0.355 e. The fraction of sp³-hybridized carbons (Fsp3) is 0.619. The second kappa shape index (κ2) is 8.39. The van der Waals surface area contributed by atoms with Crippen molar-refractivity contribution in [1.82, 2.24) is 24.9 Å². The number of hydrogen-bond acceptors (Lipinski definition) is 6. The summed E-state index contributed by atoms with van der Waals surface area (Å²) in [5.41, 5.74) is 2.46. The molecule has 0 atom stereocenters. The number of nitrogens with zero attached hydrogens (tertiary/aromatic N) is 7. The number of aryl methyl sites for hydroxylation is 2. The molecule has 2 aliphatic rings. The molecule has 0 aromatic carbocycles. The van der Waals surface area contributed by atoms with E-state index >= 15 is 0 Å². The van der Waals surface area contributed by atoms with Crippen molar-refractivity contribution >= 4 is 17.5 Å². The summed E-state index contributed by atoms with van der Waals surface area (Å²) in [4.78, 5) is 19.4. The van der Waals surface area contributed by atoms with Crippen LogP contribution in [0.2, 0.25) is 0 Å².